The summed E-state index contributed by atoms with van der Waals surface area (Å²) in [5, 5.41) is 7.94. The van der Waals surface area contributed by atoms with Gasteiger partial charge in [-0.2, -0.15) is 10.2 Å². The molecule has 0 radical (unpaired) electrons. The minimum atomic E-state index is 0.00520. The second kappa shape index (κ2) is 6.69. The summed E-state index contributed by atoms with van der Waals surface area (Å²) < 4.78 is 0. The molecule has 0 atom stereocenters. The summed E-state index contributed by atoms with van der Waals surface area (Å²) in [5.74, 6) is 0.564. The molecular formula is C13H20ClN3O. The molecular weight excluding hydrogens is 250 g/mol. The zero-order chi connectivity index (χ0) is 13.7. The maximum Gasteiger partial charge on any atom is 0.256 e. The Kier molecular flexibility index (Phi) is 5.54. The average molecular weight is 270 g/mol. The minimum absolute atomic E-state index is 0.00520. The van der Waals surface area contributed by atoms with E-state index in [4.69, 9.17) is 11.6 Å². The van der Waals surface area contributed by atoms with Crippen LogP contribution >= 0.6 is 11.6 Å². The van der Waals surface area contributed by atoms with E-state index >= 15 is 0 Å². The Balaban J connectivity index is 2.98. The first kappa shape index (κ1) is 14.9. The first-order valence-corrected chi connectivity index (χ1v) is 6.68. The third kappa shape index (κ3) is 3.67. The highest BCUT2D eigenvalue weighted by Gasteiger charge is 2.20. The highest BCUT2D eigenvalue weighted by atomic mass is 35.5. The van der Waals surface area contributed by atoms with Gasteiger partial charge in [0.15, 0.2) is 0 Å². The lowest BCUT2D eigenvalue weighted by Crippen LogP contribution is -2.38. The van der Waals surface area contributed by atoms with Gasteiger partial charge in [0.1, 0.15) is 0 Å². The Bertz CT molecular complexity index is 421. The molecule has 0 spiro atoms. The van der Waals surface area contributed by atoms with Crippen LogP contribution in [0.3, 0.4) is 0 Å². The van der Waals surface area contributed by atoms with Gasteiger partial charge in [0.05, 0.1) is 17.0 Å². The number of rotatable bonds is 5. The summed E-state index contributed by atoms with van der Waals surface area (Å²) in [6, 6.07) is 1.94. The lowest BCUT2D eigenvalue weighted by molar-refractivity contribution is 0.0705. The minimum Gasteiger partial charge on any atom is -0.336 e. The van der Waals surface area contributed by atoms with E-state index in [-0.39, 0.29) is 11.9 Å². The fraction of sp³-hybridized carbons (Fsp3) is 0.615. The Morgan fingerprint density at radius 1 is 1.39 bits per heavy atom. The highest BCUT2D eigenvalue weighted by Crippen LogP contribution is 2.12. The molecule has 100 valence electrons. The van der Waals surface area contributed by atoms with Crippen molar-refractivity contribution in [2.75, 3.05) is 12.4 Å². The zero-order valence-corrected chi connectivity index (χ0v) is 12.2. The van der Waals surface area contributed by atoms with Crippen molar-refractivity contribution in [3.05, 3.63) is 23.0 Å². The molecule has 0 aliphatic carbocycles. The molecule has 1 aromatic rings. The van der Waals surface area contributed by atoms with E-state index in [1.165, 1.54) is 0 Å². The van der Waals surface area contributed by atoms with Crippen LogP contribution in [0.5, 0.6) is 0 Å². The second-order valence-electron chi connectivity index (χ2n) is 4.62. The van der Waals surface area contributed by atoms with Gasteiger partial charge in [-0.15, -0.1) is 11.6 Å². The van der Waals surface area contributed by atoms with E-state index in [0.29, 0.717) is 23.7 Å². The lowest BCUT2D eigenvalue weighted by Gasteiger charge is -2.27. The van der Waals surface area contributed by atoms with Crippen LogP contribution in [0.1, 0.15) is 42.0 Å². The Morgan fingerprint density at radius 3 is 2.61 bits per heavy atom. The molecule has 0 saturated carbocycles. The topological polar surface area (TPSA) is 46.1 Å². The third-order valence-electron chi connectivity index (χ3n) is 2.75. The maximum absolute atomic E-state index is 12.5. The van der Waals surface area contributed by atoms with Gasteiger partial charge in [0.25, 0.3) is 5.91 Å². The standard InChI is InChI=1S/C13H20ClN3O/c1-9(2)17(7-5-6-14)13(18)12-8-10(3)15-16-11(12)4/h8-9H,5-7H2,1-4H3. The van der Waals surface area contributed by atoms with E-state index in [0.717, 1.165) is 12.1 Å². The van der Waals surface area contributed by atoms with Crippen LogP contribution < -0.4 is 0 Å². The highest BCUT2D eigenvalue weighted by molar-refractivity contribution is 6.17. The SMILES string of the molecule is Cc1cc(C(=O)N(CCCCl)C(C)C)c(C)nn1. The Labute approximate surface area is 113 Å². The van der Waals surface area contributed by atoms with Crippen molar-refractivity contribution in [3.63, 3.8) is 0 Å². The van der Waals surface area contributed by atoms with E-state index in [1.54, 1.807) is 13.0 Å². The van der Waals surface area contributed by atoms with Gasteiger partial charge in [0.2, 0.25) is 0 Å². The van der Waals surface area contributed by atoms with Crippen LogP contribution in [0.4, 0.5) is 0 Å². The largest absolute Gasteiger partial charge is 0.336 e. The summed E-state index contributed by atoms with van der Waals surface area (Å²) in [6.45, 7) is 8.31. The summed E-state index contributed by atoms with van der Waals surface area (Å²) in [6.07, 6.45) is 0.794. The van der Waals surface area contributed by atoms with Crippen molar-refractivity contribution in [1.29, 1.82) is 0 Å². The van der Waals surface area contributed by atoms with Gasteiger partial charge in [0, 0.05) is 18.5 Å². The number of hydrogen-bond donors (Lipinski definition) is 0. The van der Waals surface area contributed by atoms with Crippen molar-refractivity contribution in [1.82, 2.24) is 15.1 Å². The van der Waals surface area contributed by atoms with Crippen molar-refractivity contribution in [2.24, 2.45) is 0 Å². The quantitative estimate of drug-likeness (QED) is 0.772. The molecule has 0 unspecified atom stereocenters. The molecule has 0 saturated heterocycles. The van der Waals surface area contributed by atoms with Gasteiger partial charge >= 0.3 is 0 Å². The number of alkyl halides is 1. The normalized spacial score (nSPS) is 10.8. The monoisotopic (exact) mass is 269 g/mol. The summed E-state index contributed by atoms with van der Waals surface area (Å²) in [7, 11) is 0. The summed E-state index contributed by atoms with van der Waals surface area (Å²) in [5.41, 5.74) is 2.05. The molecule has 1 heterocycles. The first-order chi connectivity index (χ1) is 8.47. The zero-order valence-electron chi connectivity index (χ0n) is 11.4. The van der Waals surface area contributed by atoms with Gasteiger partial charge in [-0.1, -0.05) is 0 Å². The molecule has 1 rings (SSSR count). The molecule has 4 nitrogen and oxygen atoms in total. The van der Waals surface area contributed by atoms with Crippen LogP contribution in [-0.2, 0) is 0 Å². The molecule has 0 aliphatic heterocycles. The van der Waals surface area contributed by atoms with Crippen molar-refractivity contribution < 1.29 is 4.79 Å². The molecule has 5 heteroatoms. The van der Waals surface area contributed by atoms with E-state index < -0.39 is 0 Å². The van der Waals surface area contributed by atoms with Gasteiger partial charge in [-0.05, 0) is 40.2 Å². The molecule has 0 fully saturated rings. The third-order valence-corrected chi connectivity index (χ3v) is 3.02. The van der Waals surface area contributed by atoms with Gasteiger partial charge in [-0.25, -0.2) is 0 Å². The molecule has 0 bridgehead atoms. The number of halogens is 1. The average Bonchev–Trinajstić information content (AvgIpc) is 2.32. The van der Waals surface area contributed by atoms with Crippen molar-refractivity contribution in [3.8, 4) is 0 Å². The maximum atomic E-state index is 12.5. The smallest absolute Gasteiger partial charge is 0.256 e. The van der Waals surface area contributed by atoms with Crippen molar-refractivity contribution >= 4 is 17.5 Å². The van der Waals surface area contributed by atoms with Crippen LogP contribution in [-0.4, -0.2) is 39.5 Å². The van der Waals surface area contributed by atoms with Gasteiger partial charge in [-0.3, -0.25) is 4.79 Å². The van der Waals surface area contributed by atoms with E-state index in [9.17, 15) is 4.79 Å². The summed E-state index contributed by atoms with van der Waals surface area (Å²) >= 11 is 5.70. The van der Waals surface area contributed by atoms with E-state index in [2.05, 4.69) is 10.2 Å². The predicted molar refractivity (Wildman–Crippen MR) is 73.0 cm³/mol. The molecule has 0 aromatic carbocycles. The van der Waals surface area contributed by atoms with E-state index in [1.807, 2.05) is 25.7 Å². The number of carbonyl (C=O) groups is 1. The second-order valence-corrected chi connectivity index (χ2v) is 5.00. The Hall–Kier alpha value is -1.16. The van der Waals surface area contributed by atoms with Crippen LogP contribution in [0, 0.1) is 13.8 Å². The molecule has 18 heavy (non-hydrogen) atoms. The number of aryl methyl sites for hydroxylation is 2. The van der Waals surface area contributed by atoms with Crippen LogP contribution in [0.2, 0.25) is 0 Å². The number of amides is 1. The molecule has 1 aromatic heterocycles. The number of hydrogen-bond acceptors (Lipinski definition) is 3. The van der Waals surface area contributed by atoms with Crippen LogP contribution in [0.25, 0.3) is 0 Å². The summed E-state index contributed by atoms with van der Waals surface area (Å²) in [4.78, 5) is 14.3. The predicted octanol–water partition coefficient (Wildman–Crippen LogP) is 2.57. The molecule has 1 amide bonds. The molecule has 0 N–H and O–H groups in total. The Morgan fingerprint density at radius 2 is 2.06 bits per heavy atom. The van der Waals surface area contributed by atoms with Gasteiger partial charge < -0.3 is 4.90 Å². The number of carbonyl (C=O) groups excluding carboxylic acids is 1. The van der Waals surface area contributed by atoms with Crippen molar-refractivity contribution in [2.45, 2.75) is 40.2 Å². The lowest BCUT2D eigenvalue weighted by atomic mass is 10.1. The number of nitrogens with zero attached hydrogens (tertiary/aromatic N) is 3. The first-order valence-electron chi connectivity index (χ1n) is 6.15. The van der Waals surface area contributed by atoms with Crippen LogP contribution in [0.15, 0.2) is 6.07 Å². The molecule has 0 aliphatic rings. The fourth-order valence-electron chi connectivity index (χ4n) is 1.75. The fourth-order valence-corrected chi connectivity index (χ4v) is 1.87. The number of aromatic nitrogens is 2.